The summed E-state index contributed by atoms with van der Waals surface area (Å²) in [5, 5.41) is 0. The number of nitrogens with two attached hydrogens (primary N) is 1. The zero-order chi connectivity index (χ0) is 13.1. The molecular weight excluding hydrogens is 271 g/mol. The minimum absolute atomic E-state index is 0.236. The molecule has 18 heavy (non-hydrogen) atoms. The third kappa shape index (κ3) is 3.09. The molecule has 1 atom stereocenters. The number of hydrogen-bond donors (Lipinski definition) is 2. The summed E-state index contributed by atoms with van der Waals surface area (Å²) in [6, 6.07) is 8.68. The lowest BCUT2D eigenvalue weighted by molar-refractivity contribution is 0.512. The van der Waals surface area contributed by atoms with E-state index in [0.717, 1.165) is 14.8 Å². The molecule has 2 rings (SSSR count). The highest BCUT2D eigenvalue weighted by atomic mass is 35.5. The van der Waals surface area contributed by atoms with E-state index in [-0.39, 0.29) is 11.9 Å². The second kappa shape index (κ2) is 5.80. The molecule has 0 amide bonds. The second-order valence-corrected chi connectivity index (χ2v) is 5.95. The van der Waals surface area contributed by atoms with E-state index in [1.165, 1.54) is 17.4 Å². The predicted octanol–water partition coefficient (Wildman–Crippen LogP) is 3.60. The van der Waals surface area contributed by atoms with E-state index in [9.17, 15) is 4.39 Å². The smallest absolute Gasteiger partial charge is 0.128 e. The summed E-state index contributed by atoms with van der Waals surface area (Å²) in [7, 11) is 0. The molecule has 1 unspecified atom stereocenters. The van der Waals surface area contributed by atoms with Crippen molar-refractivity contribution in [2.75, 3.05) is 0 Å². The number of rotatable bonds is 4. The van der Waals surface area contributed by atoms with Gasteiger partial charge in [-0.2, -0.15) is 0 Å². The molecule has 0 fully saturated rings. The first-order valence-electron chi connectivity index (χ1n) is 5.56. The van der Waals surface area contributed by atoms with Gasteiger partial charge in [-0.25, -0.2) is 4.39 Å². The van der Waals surface area contributed by atoms with E-state index in [4.69, 9.17) is 17.4 Å². The molecule has 0 spiro atoms. The van der Waals surface area contributed by atoms with Crippen LogP contribution < -0.4 is 11.3 Å². The Morgan fingerprint density at radius 2 is 2.17 bits per heavy atom. The maximum atomic E-state index is 13.9. The lowest BCUT2D eigenvalue weighted by Gasteiger charge is -2.16. The van der Waals surface area contributed by atoms with Gasteiger partial charge in [-0.1, -0.05) is 23.7 Å². The Morgan fingerprint density at radius 3 is 2.72 bits per heavy atom. The fourth-order valence-corrected chi connectivity index (χ4v) is 2.97. The summed E-state index contributed by atoms with van der Waals surface area (Å²) in [4.78, 5) is 1.07. The number of aryl methyl sites for hydroxylation is 1. The topological polar surface area (TPSA) is 38.0 Å². The van der Waals surface area contributed by atoms with Gasteiger partial charge in [-0.3, -0.25) is 11.3 Å². The Bertz CT molecular complexity index is 542. The van der Waals surface area contributed by atoms with Crippen LogP contribution in [-0.4, -0.2) is 0 Å². The minimum atomic E-state index is -0.250. The van der Waals surface area contributed by atoms with E-state index in [1.807, 2.05) is 25.1 Å². The van der Waals surface area contributed by atoms with Crippen molar-refractivity contribution in [3.8, 4) is 0 Å². The van der Waals surface area contributed by atoms with Gasteiger partial charge in [-0.15, -0.1) is 11.3 Å². The summed E-state index contributed by atoms with van der Waals surface area (Å²) < 4.78 is 14.6. The van der Waals surface area contributed by atoms with Gasteiger partial charge >= 0.3 is 0 Å². The predicted molar refractivity (Wildman–Crippen MR) is 74.2 cm³/mol. The molecule has 96 valence electrons. The maximum Gasteiger partial charge on any atom is 0.128 e. The Balaban J connectivity index is 2.22. The first-order valence-corrected chi connectivity index (χ1v) is 6.76. The van der Waals surface area contributed by atoms with Crippen molar-refractivity contribution in [1.82, 2.24) is 5.43 Å². The Hall–Kier alpha value is -0.940. The van der Waals surface area contributed by atoms with Gasteiger partial charge in [0.1, 0.15) is 5.82 Å². The van der Waals surface area contributed by atoms with Gasteiger partial charge in [0.25, 0.3) is 0 Å². The summed E-state index contributed by atoms with van der Waals surface area (Å²) in [6.45, 7) is 1.86. The number of halogens is 2. The third-order valence-electron chi connectivity index (χ3n) is 2.77. The van der Waals surface area contributed by atoms with Crippen LogP contribution in [0.5, 0.6) is 0 Å². The number of nitrogens with one attached hydrogen (secondary N) is 1. The van der Waals surface area contributed by atoms with E-state index < -0.39 is 0 Å². The molecule has 3 N–H and O–H groups in total. The molecule has 1 aromatic carbocycles. The van der Waals surface area contributed by atoms with Crippen LogP contribution in [0.1, 0.15) is 22.0 Å². The minimum Gasteiger partial charge on any atom is -0.271 e. The summed E-state index contributed by atoms with van der Waals surface area (Å²) in [5.41, 5.74) is 4.13. The zero-order valence-electron chi connectivity index (χ0n) is 9.91. The Labute approximate surface area is 115 Å². The van der Waals surface area contributed by atoms with Crippen LogP contribution >= 0.6 is 22.9 Å². The SMILES string of the molecule is Cc1ccc(C(Cc2ccc(Cl)s2)NN)c(F)c1. The van der Waals surface area contributed by atoms with E-state index in [2.05, 4.69) is 5.43 Å². The summed E-state index contributed by atoms with van der Waals surface area (Å²) in [6.07, 6.45) is 0.619. The van der Waals surface area contributed by atoms with Gasteiger partial charge < -0.3 is 0 Å². The van der Waals surface area contributed by atoms with Crippen LogP contribution in [0.4, 0.5) is 4.39 Å². The molecule has 0 aliphatic heterocycles. The Morgan fingerprint density at radius 1 is 1.39 bits per heavy atom. The van der Waals surface area contributed by atoms with Gasteiger partial charge in [-0.05, 0) is 30.7 Å². The first-order chi connectivity index (χ1) is 8.60. The number of hydrogen-bond acceptors (Lipinski definition) is 3. The van der Waals surface area contributed by atoms with E-state index in [1.54, 1.807) is 6.07 Å². The summed E-state index contributed by atoms with van der Waals surface area (Å²) >= 11 is 7.36. The lowest BCUT2D eigenvalue weighted by Crippen LogP contribution is -2.30. The monoisotopic (exact) mass is 284 g/mol. The van der Waals surface area contributed by atoms with Crippen molar-refractivity contribution in [1.29, 1.82) is 0 Å². The normalized spacial score (nSPS) is 12.7. The van der Waals surface area contributed by atoms with Crippen molar-refractivity contribution >= 4 is 22.9 Å². The molecule has 2 nitrogen and oxygen atoms in total. The highest BCUT2D eigenvalue weighted by molar-refractivity contribution is 7.16. The van der Waals surface area contributed by atoms with Crippen molar-refractivity contribution in [3.63, 3.8) is 0 Å². The van der Waals surface area contributed by atoms with E-state index >= 15 is 0 Å². The Kier molecular flexibility index (Phi) is 4.35. The largest absolute Gasteiger partial charge is 0.271 e. The van der Waals surface area contributed by atoms with Crippen LogP contribution in [0.2, 0.25) is 4.34 Å². The van der Waals surface area contributed by atoms with Crippen LogP contribution in [0.25, 0.3) is 0 Å². The molecule has 0 aliphatic carbocycles. The average Bonchev–Trinajstić information content (AvgIpc) is 2.72. The standard InChI is InChI=1S/C13H14ClFN2S/c1-8-2-4-10(11(15)6-8)12(17-16)7-9-3-5-13(14)18-9/h2-6,12,17H,7,16H2,1H3. The van der Waals surface area contributed by atoms with Gasteiger partial charge in [0, 0.05) is 16.9 Å². The molecule has 0 radical (unpaired) electrons. The van der Waals surface area contributed by atoms with Gasteiger partial charge in [0.2, 0.25) is 0 Å². The molecule has 1 aromatic heterocycles. The fourth-order valence-electron chi connectivity index (χ4n) is 1.84. The molecule has 0 aliphatic rings. The molecule has 5 heteroatoms. The zero-order valence-corrected chi connectivity index (χ0v) is 11.5. The fraction of sp³-hybridized carbons (Fsp3) is 0.231. The quantitative estimate of drug-likeness (QED) is 0.665. The number of benzene rings is 1. The highest BCUT2D eigenvalue weighted by Gasteiger charge is 2.16. The van der Waals surface area contributed by atoms with E-state index in [0.29, 0.717) is 12.0 Å². The number of hydrazine groups is 1. The third-order valence-corrected chi connectivity index (χ3v) is 4.02. The molecular formula is C13H14ClFN2S. The highest BCUT2D eigenvalue weighted by Crippen LogP contribution is 2.27. The second-order valence-electron chi connectivity index (χ2n) is 4.15. The molecule has 0 saturated carbocycles. The van der Waals surface area contributed by atoms with Gasteiger partial charge in [0.05, 0.1) is 10.4 Å². The first kappa shape index (κ1) is 13.5. The van der Waals surface area contributed by atoms with Crippen LogP contribution in [0.15, 0.2) is 30.3 Å². The van der Waals surface area contributed by atoms with Crippen molar-refractivity contribution in [2.45, 2.75) is 19.4 Å². The average molecular weight is 285 g/mol. The molecule has 0 bridgehead atoms. The van der Waals surface area contributed by atoms with Crippen LogP contribution in [0.3, 0.4) is 0 Å². The van der Waals surface area contributed by atoms with Crippen molar-refractivity contribution in [3.05, 3.63) is 56.5 Å². The summed E-state index contributed by atoms with van der Waals surface area (Å²) in [5.74, 6) is 5.29. The molecule has 2 aromatic rings. The number of thiophene rings is 1. The van der Waals surface area contributed by atoms with Crippen LogP contribution in [0, 0.1) is 12.7 Å². The van der Waals surface area contributed by atoms with Crippen LogP contribution in [-0.2, 0) is 6.42 Å². The van der Waals surface area contributed by atoms with Crippen molar-refractivity contribution in [2.24, 2.45) is 5.84 Å². The lowest BCUT2D eigenvalue weighted by atomic mass is 10.0. The van der Waals surface area contributed by atoms with Gasteiger partial charge in [0.15, 0.2) is 0 Å². The molecule has 0 saturated heterocycles. The molecule has 1 heterocycles. The maximum absolute atomic E-state index is 13.9. The van der Waals surface area contributed by atoms with Crippen molar-refractivity contribution < 1.29 is 4.39 Å².